The van der Waals surface area contributed by atoms with Crippen LogP contribution in [0.4, 0.5) is 8.78 Å². The lowest BCUT2D eigenvalue weighted by atomic mass is 9.94. The molecule has 0 aliphatic carbocycles. The largest absolute Gasteiger partial charge is 0.351 e. The molecule has 0 spiro atoms. The number of amides is 1. The first kappa shape index (κ1) is 17.7. The van der Waals surface area contributed by atoms with Gasteiger partial charge in [-0.25, -0.2) is 8.78 Å². The number of H-pyrrole nitrogens is 1. The highest BCUT2D eigenvalue weighted by atomic mass is 19.1. The zero-order valence-electron chi connectivity index (χ0n) is 15.2. The monoisotopic (exact) mass is 369 g/mol. The van der Waals surface area contributed by atoms with Gasteiger partial charge in [0.15, 0.2) is 0 Å². The number of aromatic amines is 1. The van der Waals surface area contributed by atoms with Gasteiger partial charge in [-0.15, -0.1) is 0 Å². The van der Waals surface area contributed by atoms with E-state index in [4.69, 9.17) is 0 Å². The molecule has 0 bridgehead atoms. The van der Waals surface area contributed by atoms with Gasteiger partial charge in [-0.05, 0) is 56.1 Å². The molecule has 1 aromatic heterocycles. The summed E-state index contributed by atoms with van der Waals surface area (Å²) in [7, 11) is 3.97. The smallest absolute Gasteiger partial charge is 0.270 e. The molecule has 1 fully saturated rings. The van der Waals surface area contributed by atoms with Gasteiger partial charge >= 0.3 is 0 Å². The van der Waals surface area contributed by atoms with Crippen LogP contribution in [0.2, 0.25) is 0 Å². The third-order valence-corrected chi connectivity index (χ3v) is 5.35. The number of halogens is 2. The summed E-state index contributed by atoms with van der Waals surface area (Å²) < 4.78 is 26.7. The fraction of sp³-hybridized carbons (Fsp3) is 0.286. The van der Waals surface area contributed by atoms with Crippen molar-refractivity contribution >= 4 is 16.8 Å². The summed E-state index contributed by atoms with van der Waals surface area (Å²) in [6, 6.07) is 12.7. The molecule has 1 N–H and O–H groups in total. The van der Waals surface area contributed by atoms with Gasteiger partial charge in [0.2, 0.25) is 0 Å². The number of carbonyl (C=O) groups excluding carboxylic acids is 1. The zero-order chi connectivity index (χ0) is 19.1. The molecule has 27 heavy (non-hydrogen) atoms. The van der Waals surface area contributed by atoms with Crippen LogP contribution in [0.1, 0.15) is 22.0 Å². The first-order valence-corrected chi connectivity index (χ1v) is 8.92. The average molecular weight is 369 g/mol. The first-order chi connectivity index (χ1) is 12.9. The number of fused-ring (bicyclic) bond motifs is 1. The number of rotatable bonds is 3. The summed E-state index contributed by atoms with van der Waals surface area (Å²) in [5.74, 6) is -0.600. The molecular formula is C21H21F2N3O. The third kappa shape index (κ3) is 3.32. The average Bonchev–Trinajstić information content (AvgIpc) is 3.25. The van der Waals surface area contributed by atoms with E-state index in [-0.39, 0.29) is 29.5 Å². The van der Waals surface area contributed by atoms with Crippen LogP contribution in [0.15, 0.2) is 48.5 Å². The van der Waals surface area contributed by atoms with E-state index < -0.39 is 0 Å². The molecule has 2 atom stereocenters. The minimum Gasteiger partial charge on any atom is -0.351 e. The van der Waals surface area contributed by atoms with Crippen LogP contribution >= 0.6 is 0 Å². The highest BCUT2D eigenvalue weighted by Crippen LogP contribution is 2.31. The molecule has 1 amide bonds. The molecular weight excluding hydrogens is 348 g/mol. The molecule has 1 saturated heterocycles. The van der Waals surface area contributed by atoms with Gasteiger partial charge in [-0.1, -0.05) is 12.1 Å². The van der Waals surface area contributed by atoms with Crippen LogP contribution in [0, 0.1) is 11.6 Å². The maximum Gasteiger partial charge on any atom is 0.270 e. The summed E-state index contributed by atoms with van der Waals surface area (Å²) in [5, 5.41) is 0.678. The van der Waals surface area contributed by atoms with Crippen molar-refractivity contribution in [3.63, 3.8) is 0 Å². The Balaban J connectivity index is 1.61. The Morgan fingerprint density at radius 3 is 2.44 bits per heavy atom. The fourth-order valence-corrected chi connectivity index (χ4v) is 3.90. The summed E-state index contributed by atoms with van der Waals surface area (Å²) in [5.41, 5.74) is 2.20. The van der Waals surface area contributed by atoms with E-state index in [9.17, 15) is 13.6 Å². The van der Waals surface area contributed by atoms with Crippen molar-refractivity contribution in [3.8, 4) is 0 Å². The Bertz CT molecular complexity index is 981. The van der Waals surface area contributed by atoms with Crippen molar-refractivity contribution in [1.29, 1.82) is 0 Å². The molecule has 0 unspecified atom stereocenters. The number of nitrogens with zero attached hydrogens (tertiary/aromatic N) is 2. The first-order valence-electron chi connectivity index (χ1n) is 8.92. The minimum atomic E-state index is -0.328. The standard InChI is InChI=1S/C21H21F2N3O/c1-25(2)20-12-26(11-17(20)13-3-5-15(22)6-4-13)21(27)19-10-14-9-16(23)7-8-18(14)24-19/h3-10,17,20,24H,11-12H2,1-2H3/t17-,20+/m0/s1. The fourth-order valence-electron chi connectivity index (χ4n) is 3.90. The summed E-state index contributed by atoms with van der Waals surface area (Å²) in [6.45, 7) is 1.13. The summed E-state index contributed by atoms with van der Waals surface area (Å²) in [4.78, 5) is 20.0. The van der Waals surface area contributed by atoms with Gasteiger partial charge in [0.1, 0.15) is 17.3 Å². The van der Waals surface area contributed by atoms with Crippen molar-refractivity contribution in [2.45, 2.75) is 12.0 Å². The quantitative estimate of drug-likeness (QED) is 0.766. The number of carbonyl (C=O) groups is 1. The highest BCUT2D eigenvalue weighted by molar-refractivity contribution is 5.98. The van der Waals surface area contributed by atoms with E-state index in [1.54, 1.807) is 29.2 Å². The van der Waals surface area contributed by atoms with Gasteiger partial charge in [-0.2, -0.15) is 0 Å². The Hall–Kier alpha value is -2.73. The van der Waals surface area contributed by atoms with Gasteiger partial charge in [0.25, 0.3) is 5.91 Å². The highest BCUT2D eigenvalue weighted by Gasteiger charge is 2.38. The normalized spacial score (nSPS) is 20.0. The lowest BCUT2D eigenvalue weighted by molar-refractivity contribution is 0.0777. The molecule has 2 heterocycles. The number of likely N-dealkylation sites (N-methyl/N-ethyl adjacent to an activating group) is 1. The summed E-state index contributed by atoms with van der Waals surface area (Å²) in [6.07, 6.45) is 0. The molecule has 1 aliphatic heterocycles. The Labute approximate surface area is 156 Å². The van der Waals surface area contributed by atoms with Crippen LogP contribution in [0.3, 0.4) is 0 Å². The van der Waals surface area contributed by atoms with E-state index in [1.807, 2.05) is 14.1 Å². The van der Waals surface area contributed by atoms with Crippen LogP contribution < -0.4 is 0 Å². The molecule has 4 nitrogen and oxygen atoms in total. The van der Waals surface area contributed by atoms with Gasteiger partial charge in [0, 0.05) is 36.0 Å². The molecule has 4 rings (SSSR count). The molecule has 140 valence electrons. The third-order valence-electron chi connectivity index (χ3n) is 5.35. The maximum absolute atomic E-state index is 13.4. The van der Waals surface area contributed by atoms with Crippen molar-refractivity contribution in [3.05, 3.63) is 71.4 Å². The lowest BCUT2D eigenvalue weighted by Crippen LogP contribution is -2.35. The Morgan fingerprint density at radius 1 is 1.04 bits per heavy atom. The van der Waals surface area contributed by atoms with Crippen LogP contribution in [0.5, 0.6) is 0 Å². The van der Waals surface area contributed by atoms with Crippen molar-refractivity contribution < 1.29 is 13.6 Å². The van der Waals surface area contributed by atoms with Crippen LogP contribution in [0.25, 0.3) is 10.9 Å². The SMILES string of the molecule is CN(C)[C@@H]1CN(C(=O)c2cc3cc(F)ccc3[nH]2)C[C@H]1c1ccc(F)cc1. The van der Waals surface area contributed by atoms with Gasteiger partial charge < -0.3 is 14.8 Å². The number of nitrogens with one attached hydrogen (secondary N) is 1. The minimum absolute atomic E-state index is 0.103. The zero-order valence-corrected chi connectivity index (χ0v) is 15.2. The molecule has 0 saturated carbocycles. The number of aromatic nitrogens is 1. The number of hydrogen-bond acceptors (Lipinski definition) is 2. The van der Waals surface area contributed by atoms with Crippen molar-refractivity contribution in [2.75, 3.05) is 27.2 Å². The maximum atomic E-state index is 13.4. The second-order valence-corrected chi connectivity index (χ2v) is 7.31. The van der Waals surface area contributed by atoms with E-state index in [1.165, 1.54) is 24.3 Å². The number of likely N-dealkylation sites (tertiary alicyclic amines) is 1. The van der Waals surface area contributed by atoms with Crippen molar-refractivity contribution in [2.24, 2.45) is 0 Å². The number of hydrogen-bond donors (Lipinski definition) is 1. The predicted molar refractivity (Wildman–Crippen MR) is 101 cm³/mol. The van der Waals surface area contributed by atoms with Crippen LogP contribution in [-0.2, 0) is 0 Å². The van der Waals surface area contributed by atoms with Gasteiger partial charge in [-0.3, -0.25) is 4.79 Å². The number of benzene rings is 2. The predicted octanol–water partition coefficient (Wildman–Crippen LogP) is 3.62. The van der Waals surface area contributed by atoms with E-state index >= 15 is 0 Å². The second-order valence-electron chi connectivity index (χ2n) is 7.31. The lowest BCUT2D eigenvalue weighted by Gasteiger charge is -2.25. The van der Waals surface area contributed by atoms with Crippen LogP contribution in [-0.4, -0.2) is 53.9 Å². The second kappa shape index (κ2) is 6.78. The molecule has 3 aromatic rings. The topological polar surface area (TPSA) is 39.3 Å². The molecule has 6 heteroatoms. The summed E-state index contributed by atoms with van der Waals surface area (Å²) >= 11 is 0. The van der Waals surface area contributed by atoms with Crippen molar-refractivity contribution in [1.82, 2.24) is 14.8 Å². The van der Waals surface area contributed by atoms with Gasteiger partial charge in [0.05, 0.1) is 0 Å². The molecule has 0 radical (unpaired) electrons. The Kier molecular flexibility index (Phi) is 4.44. The van der Waals surface area contributed by atoms with E-state index in [0.29, 0.717) is 24.2 Å². The van der Waals surface area contributed by atoms with E-state index in [2.05, 4.69) is 9.88 Å². The Morgan fingerprint density at radius 2 is 1.74 bits per heavy atom. The van der Waals surface area contributed by atoms with E-state index in [0.717, 1.165) is 11.1 Å². The molecule has 1 aliphatic rings. The molecule has 2 aromatic carbocycles.